The number of sulfonamides is 1. The highest BCUT2D eigenvalue weighted by atomic mass is 35.5. The average molecular weight is 413 g/mol. The van der Waals surface area contributed by atoms with Gasteiger partial charge in [0.25, 0.3) is 0 Å². The molecule has 1 N–H and O–H groups in total. The maximum atomic E-state index is 13.0. The van der Waals surface area contributed by atoms with Gasteiger partial charge in [-0.1, -0.05) is 18.0 Å². The largest absolute Gasteiger partial charge is 0.495 e. The number of benzene rings is 1. The molecule has 0 bridgehead atoms. The lowest BCUT2D eigenvalue weighted by Crippen LogP contribution is -2.35. The molecule has 1 aromatic heterocycles. The predicted molar refractivity (Wildman–Crippen MR) is 101 cm³/mol. The summed E-state index contributed by atoms with van der Waals surface area (Å²) in [5.41, 5.74) is 0.742. The molecule has 0 aliphatic carbocycles. The Balaban J connectivity index is 1.97. The summed E-state index contributed by atoms with van der Waals surface area (Å²) in [5, 5.41) is 12.8. The van der Waals surface area contributed by atoms with Crippen LogP contribution in [0.2, 0.25) is 5.15 Å². The van der Waals surface area contributed by atoms with Gasteiger partial charge in [-0.15, -0.1) is 0 Å². The Morgan fingerprint density at radius 3 is 2.73 bits per heavy atom. The normalized spacial score (nSPS) is 15.4. The Morgan fingerprint density at radius 2 is 2.08 bits per heavy atom. The molecule has 0 radical (unpaired) electrons. The van der Waals surface area contributed by atoms with Crippen LogP contribution in [-0.4, -0.2) is 37.3 Å². The van der Waals surface area contributed by atoms with Gasteiger partial charge in [0.1, 0.15) is 27.3 Å². The smallest absolute Gasteiger partial charge is 0.246 e. The van der Waals surface area contributed by atoms with Crippen LogP contribution in [0, 0.1) is 11.3 Å². The predicted octanol–water partition coefficient (Wildman–Crippen LogP) is 3.59. The number of aromatic nitrogens is 1. The first-order valence-electron chi connectivity index (χ1n) is 7.98. The Hall–Kier alpha value is -1.86. The molecule has 0 saturated carbocycles. The van der Waals surface area contributed by atoms with E-state index in [9.17, 15) is 13.7 Å². The van der Waals surface area contributed by atoms with Crippen molar-refractivity contribution in [2.75, 3.05) is 25.5 Å². The van der Waals surface area contributed by atoms with E-state index in [4.69, 9.17) is 16.3 Å². The van der Waals surface area contributed by atoms with Crippen molar-refractivity contribution in [3.63, 3.8) is 0 Å². The number of nitrogens with one attached hydrogen (secondary N) is 1. The average Bonchev–Trinajstić information content (AvgIpc) is 3.01. The van der Waals surface area contributed by atoms with Crippen LogP contribution < -0.4 is 10.1 Å². The van der Waals surface area contributed by atoms with E-state index < -0.39 is 10.0 Å². The fourth-order valence-electron chi connectivity index (χ4n) is 2.78. The van der Waals surface area contributed by atoms with E-state index in [1.165, 1.54) is 17.5 Å². The standard InChI is InChI=1S/C16H17ClN4O3S2/c1-24-13-6-5-11(19-16-12(10-18)15(17)20-25-16)9-14(13)26(22,23)21-7-3-2-4-8-21/h5-6,9,19H,2-4,7-8H2,1H3. The van der Waals surface area contributed by atoms with Crippen LogP contribution >= 0.6 is 23.1 Å². The number of anilines is 2. The maximum Gasteiger partial charge on any atom is 0.246 e. The summed E-state index contributed by atoms with van der Waals surface area (Å²) in [4.78, 5) is 0.0982. The topological polar surface area (TPSA) is 95.3 Å². The van der Waals surface area contributed by atoms with Crippen molar-refractivity contribution in [2.45, 2.75) is 24.2 Å². The minimum atomic E-state index is -3.67. The minimum Gasteiger partial charge on any atom is -0.495 e. The van der Waals surface area contributed by atoms with E-state index in [2.05, 4.69) is 9.69 Å². The summed E-state index contributed by atoms with van der Waals surface area (Å²) in [6.45, 7) is 1.01. The van der Waals surface area contributed by atoms with Gasteiger partial charge in [0.15, 0.2) is 5.15 Å². The van der Waals surface area contributed by atoms with E-state index in [1.807, 2.05) is 6.07 Å². The van der Waals surface area contributed by atoms with Gasteiger partial charge in [-0.05, 0) is 42.6 Å². The van der Waals surface area contributed by atoms with Gasteiger partial charge in [0, 0.05) is 18.8 Å². The number of halogens is 1. The van der Waals surface area contributed by atoms with Gasteiger partial charge in [-0.2, -0.15) is 13.9 Å². The van der Waals surface area contributed by atoms with Gasteiger partial charge in [-0.25, -0.2) is 8.42 Å². The molecule has 0 unspecified atom stereocenters. The molecule has 0 spiro atoms. The summed E-state index contributed by atoms with van der Waals surface area (Å²) < 4.78 is 36.7. The lowest BCUT2D eigenvalue weighted by atomic mass is 10.2. The third kappa shape index (κ3) is 3.64. The Labute approximate surface area is 161 Å². The Morgan fingerprint density at radius 1 is 1.35 bits per heavy atom. The molecule has 10 heteroatoms. The monoisotopic (exact) mass is 412 g/mol. The summed E-state index contributed by atoms with van der Waals surface area (Å²) >= 11 is 6.92. The van der Waals surface area contributed by atoms with Crippen molar-refractivity contribution in [2.24, 2.45) is 0 Å². The van der Waals surface area contributed by atoms with Crippen molar-refractivity contribution in [1.29, 1.82) is 5.26 Å². The molecule has 0 atom stereocenters. The zero-order valence-electron chi connectivity index (χ0n) is 14.0. The minimum absolute atomic E-state index is 0.0982. The van der Waals surface area contributed by atoms with Gasteiger partial charge in [0.05, 0.1) is 7.11 Å². The fraction of sp³-hybridized carbons (Fsp3) is 0.375. The second-order valence-corrected chi connectivity index (χ2v) is 8.78. The molecule has 1 aliphatic heterocycles. The zero-order chi connectivity index (χ0) is 18.7. The van der Waals surface area contributed by atoms with Gasteiger partial charge >= 0.3 is 0 Å². The molecule has 26 heavy (non-hydrogen) atoms. The summed E-state index contributed by atoms with van der Waals surface area (Å²) in [6, 6.07) is 6.77. The molecule has 1 saturated heterocycles. The summed E-state index contributed by atoms with van der Waals surface area (Å²) in [7, 11) is -2.23. The number of piperidine rings is 1. The Kier molecular flexibility index (Phi) is 5.67. The highest BCUT2D eigenvalue weighted by molar-refractivity contribution is 7.89. The molecule has 2 heterocycles. The van der Waals surface area contributed by atoms with Crippen LogP contribution in [0.3, 0.4) is 0 Å². The van der Waals surface area contributed by atoms with Crippen molar-refractivity contribution in [3.8, 4) is 11.8 Å². The first kappa shape index (κ1) is 18.9. The molecule has 0 amide bonds. The second-order valence-electron chi connectivity index (χ2n) is 5.74. The molecule has 7 nitrogen and oxygen atoms in total. The molecule has 2 aromatic rings. The maximum absolute atomic E-state index is 13.0. The fourth-order valence-corrected chi connectivity index (χ4v) is 5.44. The van der Waals surface area contributed by atoms with E-state index in [0.717, 1.165) is 30.8 Å². The quantitative estimate of drug-likeness (QED) is 0.806. The molecule has 1 aromatic carbocycles. The number of rotatable bonds is 5. The zero-order valence-corrected chi connectivity index (χ0v) is 16.4. The highest BCUT2D eigenvalue weighted by Crippen LogP contribution is 2.34. The van der Waals surface area contributed by atoms with Crippen LogP contribution in [0.25, 0.3) is 0 Å². The molecule has 3 rings (SSSR count). The van der Waals surface area contributed by atoms with Gasteiger partial charge in [-0.3, -0.25) is 0 Å². The first-order valence-corrected chi connectivity index (χ1v) is 10.6. The summed E-state index contributed by atoms with van der Waals surface area (Å²) in [5.74, 6) is 0.281. The number of hydrogen-bond acceptors (Lipinski definition) is 7. The molecule has 1 aliphatic rings. The number of hydrogen-bond donors (Lipinski definition) is 1. The molecular formula is C16H17ClN4O3S2. The van der Waals surface area contributed by atoms with Crippen LogP contribution in [-0.2, 0) is 10.0 Å². The third-order valence-corrected chi connectivity index (χ3v) is 7.17. The van der Waals surface area contributed by atoms with E-state index in [-0.39, 0.29) is 21.4 Å². The lowest BCUT2D eigenvalue weighted by molar-refractivity contribution is 0.343. The highest BCUT2D eigenvalue weighted by Gasteiger charge is 2.29. The van der Waals surface area contributed by atoms with E-state index >= 15 is 0 Å². The second kappa shape index (κ2) is 7.80. The van der Waals surface area contributed by atoms with Crippen LogP contribution in [0.1, 0.15) is 24.8 Å². The summed E-state index contributed by atoms with van der Waals surface area (Å²) in [6.07, 6.45) is 2.74. The van der Waals surface area contributed by atoms with E-state index in [1.54, 1.807) is 12.1 Å². The van der Waals surface area contributed by atoms with Crippen LogP contribution in [0.15, 0.2) is 23.1 Å². The number of nitrogens with zero attached hydrogens (tertiary/aromatic N) is 3. The molecule has 138 valence electrons. The van der Waals surface area contributed by atoms with Crippen LogP contribution in [0.4, 0.5) is 10.7 Å². The van der Waals surface area contributed by atoms with Crippen molar-refractivity contribution in [1.82, 2.24) is 8.68 Å². The van der Waals surface area contributed by atoms with Crippen molar-refractivity contribution < 1.29 is 13.2 Å². The Bertz CT molecular complexity index is 947. The van der Waals surface area contributed by atoms with Crippen LogP contribution in [0.5, 0.6) is 5.75 Å². The molecule has 1 fully saturated rings. The number of methoxy groups -OCH3 is 1. The first-order chi connectivity index (χ1) is 12.5. The van der Waals surface area contributed by atoms with Crippen molar-refractivity contribution in [3.05, 3.63) is 28.9 Å². The van der Waals surface area contributed by atoms with E-state index in [0.29, 0.717) is 23.8 Å². The lowest BCUT2D eigenvalue weighted by Gasteiger charge is -2.26. The van der Waals surface area contributed by atoms with Crippen molar-refractivity contribution >= 4 is 43.8 Å². The number of nitriles is 1. The SMILES string of the molecule is COc1ccc(Nc2snc(Cl)c2C#N)cc1S(=O)(=O)N1CCCCC1. The number of ether oxygens (including phenoxy) is 1. The van der Waals surface area contributed by atoms with Gasteiger partial charge in [0.2, 0.25) is 10.0 Å². The van der Waals surface area contributed by atoms with Gasteiger partial charge < -0.3 is 10.1 Å². The molecular weight excluding hydrogens is 396 g/mol. The third-order valence-electron chi connectivity index (χ3n) is 4.12.